The Kier molecular flexibility index (Phi) is 4.47. The van der Waals surface area contributed by atoms with Crippen LogP contribution in [-0.4, -0.2) is 30.6 Å². The van der Waals surface area contributed by atoms with E-state index < -0.39 is 0 Å². The minimum absolute atomic E-state index is 0.0431. The molecule has 1 aromatic rings. The molecule has 0 spiro atoms. The number of fused-ring (bicyclic) bond motifs is 1. The average Bonchev–Trinajstić information content (AvgIpc) is 2.71. The van der Waals surface area contributed by atoms with Crippen LogP contribution in [0.25, 0.3) is 0 Å². The average molecular weight is 255 g/mol. The van der Waals surface area contributed by atoms with E-state index in [0.29, 0.717) is 18.3 Å². The Balaban J connectivity index is 1.86. The Hall–Kier alpha value is -0.980. The van der Waals surface area contributed by atoms with Gasteiger partial charge in [-0.05, 0) is 25.7 Å². The van der Waals surface area contributed by atoms with Gasteiger partial charge in [-0.25, -0.2) is 4.98 Å². The van der Waals surface area contributed by atoms with Crippen molar-refractivity contribution >= 4 is 22.4 Å². The molecule has 17 heavy (non-hydrogen) atoms. The standard InChI is InChI=1S/C11H17N3O2S/c12-5-6-16-7-10(15)14-11-13-8-3-1-2-4-9(8)17-11/h1-7,12H2,(H,13,14,15). The van der Waals surface area contributed by atoms with E-state index in [9.17, 15) is 4.79 Å². The van der Waals surface area contributed by atoms with E-state index in [0.717, 1.165) is 18.5 Å². The fourth-order valence-corrected chi connectivity index (χ4v) is 2.88. The number of amides is 1. The second-order valence-corrected chi connectivity index (χ2v) is 5.07. The lowest BCUT2D eigenvalue weighted by Gasteiger charge is -2.06. The third kappa shape index (κ3) is 3.49. The van der Waals surface area contributed by atoms with Crippen LogP contribution in [0.2, 0.25) is 0 Å². The van der Waals surface area contributed by atoms with Gasteiger partial charge in [-0.1, -0.05) is 0 Å². The quantitative estimate of drug-likeness (QED) is 0.767. The number of rotatable bonds is 5. The lowest BCUT2D eigenvalue weighted by Crippen LogP contribution is -2.20. The van der Waals surface area contributed by atoms with E-state index in [1.165, 1.54) is 17.7 Å². The molecule has 2 rings (SSSR count). The Bertz CT molecular complexity index is 369. The van der Waals surface area contributed by atoms with Crippen LogP contribution in [0, 0.1) is 0 Å². The first-order valence-corrected chi connectivity index (χ1v) is 6.67. The van der Waals surface area contributed by atoms with Gasteiger partial charge < -0.3 is 10.5 Å². The smallest absolute Gasteiger partial charge is 0.252 e. The van der Waals surface area contributed by atoms with Crippen molar-refractivity contribution in [1.82, 2.24) is 4.98 Å². The van der Waals surface area contributed by atoms with Gasteiger partial charge in [-0.3, -0.25) is 10.1 Å². The van der Waals surface area contributed by atoms with Gasteiger partial charge in [0.25, 0.3) is 5.91 Å². The first kappa shape index (κ1) is 12.5. The van der Waals surface area contributed by atoms with Gasteiger partial charge in [-0.2, -0.15) is 0 Å². The molecule has 1 aliphatic carbocycles. The number of carbonyl (C=O) groups is 1. The van der Waals surface area contributed by atoms with Crippen molar-refractivity contribution in [2.24, 2.45) is 5.73 Å². The van der Waals surface area contributed by atoms with E-state index in [-0.39, 0.29) is 12.5 Å². The zero-order chi connectivity index (χ0) is 12.1. The third-order valence-corrected chi connectivity index (χ3v) is 3.66. The molecule has 94 valence electrons. The van der Waals surface area contributed by atoms with E-state index in [2.05, 4.69) is 10.3 Å². The number of hydrogen-bond donors (Lipinski definition) is 2. The van der Waals surface area contributed by atoms with E-state index in [1.807, 2.05) is 0 Å². The summed E-state index contributed by atoms with van der Waals surface area (Å²) in [4.78, 5) is 17.2. The number of carbonyl (C=O) groups excluding carboxylic acids is 1. The minimum Gasteiger partial charge on any atom is -0.370 e. The van der Waals surface area contributed by atoms with Crippen molar-refractivity contribution in [2.75, 3.05) is 25.1 Å². The van der Waals surface area contributed by atoms with Crippen LogP contribution in [0.4, 0.5) is 5.13 Å². The number of ether oxygens (including phenoxy) is 1. The number of thiazole rings is 1. The van der Waals surface area contributed by atoms with Crippen molar-refractivity contribution in [1.29, 1.82) is 0 Å². The van der Waals surface area contributed by atoms with Crippen LogP contribution in [0.15, 0.2) is 0 Å². The van der Waals surface area contributed by atoms with Crippen LogP contribution in [-0.2, 0) is 22.4 Å². The highest BCUT2D eigenvalue weighted by atomic mass is 32.1. The molecule has 0 radical (unpaired) electrons. The summed E-state index contributed by atoms with van der Waals surface area (Å²) in [5, 5.41) is 3.45. The SMILES string of the molecule is NCCOCC(=O)Nc1nc2c(s1)CCCC2. The lowest BCUT2D eigenvalue weighted by atomic mass is 10.0. The predicted molar refractivity (Wildman–Crippen MR) is 67.3 cm³/mol. The molecule has 1 heterocycles. The van der Waals surface area contributed by atoms with Crippen molar-refractivity contribution in [2.45, 2.75) is 25.7 Å². The molecule has 3 N–H and O–H groups in total. The molecule has 0 saturated carbocycles. The highest BCUT2D eigenvalue weighted by Gasteiger charge is 2.16. The summed E-state index contributed by atoms with van der Waals surface area (Å²) in [5.41, 5.74) is 6.42. The number of aromatic nitrogens is 1. The number of nitrogens with zero attached hydrogens (tertiary/aromatic N) is 1. The number of nitrogens with one attached hydrogen (secondary N) is 1. The van der Waals surface area contributed by atoms with Gasteiger partial charge in [0.15, 0.2) is 5.13 Å². The Morgan fingerprint density at radius 1 is 1.47 bits per heavy atom. The fourth-order valence-electron chi connectivity index (χ4n) is 1.81. The maximum Gasteiger partial charge on any atom is 0.252 e. The molecule has 1 amide bonds. The molecule has 1 aromatic heterocycles. The highest BCUT2D eigenvalue weighted by Crippen LogP contribution is 2.29. The maximum atomic E-state index is 11.5. The maximum absolute atomic E-state index is 11.5. The minimum atomic E-state index is -0.162. The van der Waals surface area contributed by atoms with Gasteiger partial charge in [0, 0.05) is 11.4 Å². The highest BCUT2D eigenvalue weighted by molar-refractivity contribution is 7.15. The molecule has 0 saturated heterocycles. The van der Waals surface area contributed by atoms with Crippen molar-refractivity contribution in [3.8, 4) is 0 Å². The molecule has 0 unspecified atom stereocenters. The monoisotopic (exact) mass is 255 g/mol. The topological polar surface area (TPSA) is 77.2 Å². The molecule has 0 bridgehead atoms. The summed E-state index contributed by atoms with van der Waals surface area (Å²) in [6.45, 7) is 0.877. The molecule has 6 heteroatoms. The fraction of sp³-hybridized carbons (Fsp3) is 0.636. The first-order valence-electron chi connectivity index (χ1n) is 5.86. The van der Waals surface area contributed by atoms with E-state index in [1.54, 1.807) is 11.3 Å². The molecule has 5 nitrogen and oxygen atoms in total. The van der Waals surface area contributed by atoms with E-state index >= 15 is 0 Å². The van der Waals surface area contributed by atoms with Gasteiger partial charge >= 0.3 is 0 Å². The lowest BCUT2D eigenvalue weighted by molar-refractivity contribution is -0.120. The summed E-state index contributed by atoms with van der Waals surface area (Å²) in [5.74, 6) is -0.162. The predicted octanol–water partition coefficient (Wildman–Crippen LogP) is 0.936. The molecular weight excluding hydrogens is 238 g/mol. The zero-order valence-electron chi connectivity index (χ0n) is 9.70. The Morgan fingerprint density at radius 2 is 2.29 bits per heavy atom. The Labute approximate surface area is 104 Å². The molecule has 1 aliphatic rings. The number of hydrogen-bond acceptors (Lipinski definition) is 5. The molecule has 0 aromatic carbocycles. The normalized spacial score (nSPS) is 14.4. The first-order chi connectivity index (χ1) is 8.29. The largest absolute Gasteiger partial charge is 0.370 e. The van der Waals surface area contributed by atoms with Crippen LogP contribution in [0.3, 0.4) is 0 Å². The van der Waals surface area contributed by atoms with Gasteiger partial charge in [0.2, 0.25) is 0 Å². The van der Waals surface area contributed by atoms with Gasteiger partial charge in [-0.15, -0.1) is 11.3 Å². The molecule has 0 atom stereocenters. The zero-order valence-corrected chi connectivity index (χ0v) is 10.5. The second-order valence-electron chi connectivity index (χ2n) is 3.99. The van der Waals surface area contributed by atoms with Crippen molar-refractivity contribution < 1.29 is 9.53 Å². The summed E-state index contributed by atoms with van der Waals surface area (Å²) in [6, 6.07) is 0. The van der Waals surface area contributed by atoms with Crippen molar-refractivity contribution in [3.63, 3.8) is 0 Å². The Morgan fingerprint density at radius 3 is 3.06 bits per heavy atom. The summed E-state index contributed by atoms with van der Waals surface area (Å²) in [6.07, 6.45) is 4.55. The second kappa shape index (κ2) is 6.09. The molecular formula is C11H17N3O2S. The number of anilines is 1. The molecule has 0 fully saturated rings. The summed E-state index contributed by atoms with van der Waals surface area (Å²) >= 11 is 1.58. The summed E-state index contributed by atoms with van der Waals surface area (Å²) < 4.78 is 5.06. The van der Waals surface area contributed by atoms with E-state index in [4.69, 9.17) is 10.5 Å². The van der Waals surface area contributed by atoms with Gasteiger partial charge in [0.05, 0.1) is 12.3 Å². The van der Waals surface area contributed by atoms with Crippen molar-refractivity contribution in [3.05, 3.63) is 10.6 Å². The van der Waals surface area contributed by atoms with Gasteiger partial charge in [0.1, 0.15) is 6.61 Å². The molecule has 0 aliphatic heterocycles. The number of nitrogens with two attached hydrogens (primary N) is 1. The third-order valence-electron chi connectivity index (χ3n) is 2.59. The van der Waals surface area contributed by atoms with Crippen LogP contribution >= 0.6 is 11.3 Å². The van der Waals surface area contributed by atoms with Crippen LogP contribution in [0.1, 0.15) is 23.4 Å². The van der Waals surface area contributed by atoms with Crippen LogP contribution < -0.4 is 11.1 Å². The summed E-state index contributed by atoms with van der Waals surface area (Å²) in [7, 11) is 0. The number of aryl methyl sites for hydroxylation is 2. The van der Waals surface area contributed by atoms with Crippen LogP contribution in [0.5, 0.6) is 0 Å².